The lowest BCUT2D eigenvalue weighted by molar-refractivity contribution is -0.0817. The van der Waals surface area contributed by atoms with E-state index in [4.69, 9.17) is 20.5 Å². The van der Waals surface area contributed by atoms with E-state index in [0.29, 0.717) is 24.7 Å². The van der Waals surface area contributed by atoms with Crippen molar-refractivity contribution in [2.45, 2.75) is 32.0 Å². The number of anilines is 1. The molecule has 7 nitrogen and oxygen atoms in total. The Morgan fingerprint density at radius 2 is 1.59 bits per heavy atom. The summed E-state index contributed by atoms with van der Waals surface area (Å²) < 4.78 is 36.4. The molecular formula is C28H32ClN3O4S. The van der Waals surface area contributed by atoms with E-state index >= 15 is 0 Å². The first-order chi connectivity index (χ1) is 17.8. The predicted octanol–water partition coefficient (Wildman–Crippen LogP) is 5.45. The molecule has 1 aliphatic rings. The Hall–Kier alpha value is -3.04. The van der Waals surface area contributed by atoms with Gasteiger partial charge in [-0.1, -0.05) is 72.3 Å². The number of hydrogen-bond acceptors (Lipinski definition) is 7. The highest BCUT2D eigenvalue weighted by atomic mass is 35.5. The number of nitrogens with zero attached hydrogens (tertiary/aromatic N) is 2. The van der Waals surface area contributed by atoms with E-state index in [-0.39, 0.29) is 12.1 Å². The van der Waals surface area contributed by atoms with Crippen LogP contribution in [0.3, 0.4) is 0 Å². The van der Waals surface area contributed by atoms with Gasteiger partial charge < -0.3 is 19.9 Å². The second kappa shape index (κ2) is 12.5. The number of halogens is 1. The summed E-state index contributed by atoms with van der Waals surface area (Å²) in [5, 5.41) is 4.00. The lowest BCUT2D eigenvalue weighted by Crippen LogP contribution is -2.48. The fraction of sp³-hybridized carbons (Fsp3) is 0.286. The minimum absolute atomic E-state index is 0.233. The van der Waals surface area contributed by atoms with Crippen LogP contribution in [0.2, 0.25) is 5.02 Å². The number of rotatable bonds is 12. The van der Waals surface area contributed by atoms with Gasteiger partial charge >= 0.3 is 0 Å². The average molecular weight is 542 g/mol. The van der Waals surface area contributed by atoms with Crippen LogP contribution in [-0.2, 0) is 25.6 Å². The van der Waals surface area contributed by atoms with Crippen molar-refractivity contribution in [2.75, 3.05) is 24.7 Å². The van der Waals surface area contributed by atoms with Crippen molar-refractivity contribution in [3.63, 3.8) is 0 Å². The van der Waals surface area contributed by atoms with Crippen LogP contribution in [0.5, 0.6) is 0 Å². The minimum Gasteiger partial charge on any atom is -0.383 e. The first-order valence-electron chi connectivity index (χ1n) is 12.1. The van der Waals surface area contributed by atoms with E-state index in [1.807, 2.05) is 114 Å². The summed E-state index contributed by atoms with van der Waals surface area (Å²) in [7, 11) is -3.73. The van der Waals surface area contributed by atoms with E-state index in [0.717, 1.165) is 23.1 Å². The smallest absolute Gasteiger partial charge is 0.267 e. The van der Waals surface area contributed by atoms with E-state index in [1.165, 1.54) is 0 Å². The Morgan fingerprint density at radius 3 is 2.24 bits per heavy atom. The summed E-state index contributed by atoms with van der Waals surface area (Å²) >= 11 is 5.97. The first kappa shape index (κ1) is 27.0. The Bertz CT molecular complexity index is 1260. The summed E-state index contributed by atoms with van der Waals surface area (Å²) in [5.74, 6) is 0. The molecule has 3 atom stereocenters. The van der Waals surface area contributed by atoms with Crippen LogP contribution in [0.1, 0.15) is 24.2 Å². The zero-order valence-electron chi connectivity index (χ0n) is 20.9. The number of hydrogen-bond donors (Lipinski definition) is 1. The normalized spacial score (nSPS) is 17.1. The Labute approximate surface area is 224 Å². The lowest BCUT2D eigenvalue weighted by atomic mass is 10.0. The Kier molecular flexibility index (Phi) is 9.10. The molecule has 0 spiro atoms. The Morgan fingerprint density at radius 1 is 0.946 bits per heavy atom. The molecule has 37 heavy (non-hydrogen) atoms. The molecular weight excluding hydrogens is 510 g/mol. The van der Waals surface area contributed by atoms with Crippen molar-refractivity contribution in [3.05, 3.63) is 113 Å². The summed E-state index contributed by atoms with van der Waals surface area (Å²) in [6, 6.07) is 27.1. The second-order valence-electron chi connectivity index (χ2n) is 8.91. The average Bonchev–Trinajstić information content (AvgIpc) is 3.27. The number of nitrogens with one attached hydrogen (secondary N) is 1. The van der Waals surface area contributed by atoms with Gasteiger partial charge in [-0.3, -0.25) is 0 Å². The summed E-state index contributed by atoms with van der Waals surface area (Å²) in [4.78, 5) is 3.76. The molecule has 0 aliphatic carbocycles. The summed E-state index contributed by atoms with van der Waals surface area (Å²) in [6.07, 6.45) is 3.63. The molecule has 0 amide bonds. The molecule has 3 aromatic carbocycles. The molecule has 3 unspecified atom stereocenters. The highest BCUT2D eigenvalue weighted by molar-refractivity contribution is 7.86. The van der Waals surface area contributed by atoms with Crippen LogP contribution in [0.25, 0.3) is 0 Å². The molecule has 0 saturated carbocycles. The van der Waals surface area contributed by atoms with E-state index in [1.54, 1.807) is 0 Å². The molecule has 4 rings (SSSR count). The van der Waals surface area contributed by atoms with Gasteiger partial charge in [-0.2, -0.15) is 8.42 Å². The lowest BCUT2D eigenvalue weighted by Gasteiger charge is -2.38. The maximum Gasteiger partial charge on any atom is 0.267 e. The van der Waals surface area contributed by atoms with Crippen molar-refractivity contribution in [3.8, 4) is 0 Å². The third-order valence-electron chi connectivity index (χ3n) is 6.08. The molecule has 1 aliphatic heterocycles. The molecule has 0 bridgehead atoms. The molecule has 0 saturated heterocycles. The summed E-state index contributed by atoms with van der Waals surface area (Å²) in [5.41, 5.74) is 2.99. The van der Waals surface area contributed by atoms with Crippen LogP contribution < -0.4 is 5.32 Å². The van der Waals surface area contributed by atoms with Gasteiger partial charge in [0.25, 0.3) is 10.1 Å². The van der Waals surface area contributed by atoms with Gasteiger partial charge in [-0.25, -0.2) is 4.18 Å². The molecule has 1 heterocycles. The molecule has 1 N–H and O–H groups in total. The largest absolute Gasteiger partial charge is 0.383 e. The van der Waals surface area contributed by atoms with Crippen LogP contribution in [-0.4, -0.2) is 50.0 Å². The van der Waals surface area contributed by atoms with Crippen LogP contribution in [0.4, 0.5) is 5.69 Å². The predicted molar refractivity (Wildman–Crippen MR) is 147 cm³/mol. The topological polar surface area (TPSA) is 71.1 Å². The monoisotopic (exact) mass is 541 g/mol. The number of ether oxygens (including phenoxy) is 1. The van der Waals surface area contributed by atoms with Crippen molar-refractivity contribution >= 4 is 27.4 Å². The first-order valence-corrected chi connectivity index (χ1v) is 14.3. The third kappa shape index (κ3) is 7.72. The summed E-state index contributed by atoms with van der Waals surface area (Å²) in [6.45, 7) is 3.53. The highest BCUT2D eigenvalue weighted by Crippen LogP contribution is 2.31. The quantitative estimate of drug-likeness (QED) is 0.306. The molecule has 9 heteroatoms. The van der Waals surface area contributed by atoms with E-state index in [9.17, 15) is 8.42 Å². The molecule has 0 aromatic heterocycles. The Balaban J connectivity index is 1.49. The maximum absolute atomic E-state index is 12.2. The van der Waals surface area contributed by atoms with Crippen molar-refractivity contribution in [1.29, 1.82) is 0 Å². The van der Waals surface area contributed by atoms with Crippen LogP contribution >= 0.6 is 11.6 Å². The third-order valence-corrected chi connectivity index (χ3v) is 6.86. The van der Waals surface area contributed by atoms with Crippen molar-refractivity contribution in [2.24, 2.45) is 0 Å². The van der Waals surface area contributed by atoms with Gasteiger partial charge in [0.05, 0.1) is 18.9 Å². The number of benzene rings is 3. The molecule has 0 fully saturated rings. The highest BCUT2D eigenvalue weighted by Gasteiger charge is 2.37. The van der Waals surface area contributed by atoms with Gasteiger partial charge in [0, 0.05) is 36.2 Å². The zero-order valence-corrected chi connectivity index (χ0v) is 22.5. The van der Waals surface area contributed by atoms with E-state index in [2.05, 4.69) is 5.32 Å². The van der Waals surface area contributed by atoms with Gasteiger partial charge in [0.1, 0.15) is 6.10 Å². The SMILES string of the molecule is CC(C(OCc1ccccc1)c1ccccc1)N1C=CN(CCNc2ccc(Cl)cc2)C1OS(C)(=O)=O. The zero-order chi connectivity index (χ0) is 26.3. The van der Waals surface area contributed by atoms with Crippen molar-refractivity contribution in [1.82, 2.24) is 9.80 Å². The van der Waals surface area contributed by atoms with Crippen LogP contribution in [0, 0.1) is 0 Å². The van der Waals surface area contributed by atoms with Crippen molar-refractivity contribution < 1.29 is 17.3 Å². The van der Waals surface area contributed by atoms with Crippen LogP contribution in [0.15, 0.2) is 97.3 Å². The molecule has 196 valence electrons. The van der Waals surface area contributed by atoms with Gasteiger partial charge in [-0.15, -0.1) is 0 Å². The fourth-order valence-electron chi connectivity index (χ4n) is 4.23. The van der Waals surface area contributed by atoms with Gasteiger partial charge in [0.15, 0.2) is 0 Å². The van der Waals surface area contributed by atoms with Gasteiger partial charge in [-0.05, 0) is 42.3 Å². The maximum atomic E-state index is 12.2. The van der Waals surface area contributed by atoms with E-state index < -0.39 is 16.5 Å². The standard InChI is InChI=1S/C28H32ClN3O4S/c1-22(27(24-11-7-4-8-12-24)35-21-23-9-5-3-6-10-23)32-20-19-31(28(32)36-37(2,33)34)18-17-30-26-15-13-25(29)14-16-26/h3-16,19-20,22,27-28,30H,17-18,21H2,1-2H3. The minimum atomic E-state index is -3.73. The molecule has 3 aromatic rings. The van der Waals surface area contributed by atoms with Gasteiger partial charge in [0.2, 0.25) is 6.35 Å². The fourth-order valence-corrected chi connectivity index (χ4v) is 4.88. The second-order valence-corrected chi connectivity index (χ2v) is 10.9. The molecule has 0 radical (unpaired) electrons.